The van der Waals surface area contributed by atoms with Crippen LogP contribution in [0.3, 0.4) is 0 Å². The highest BCUT2D eigenvalue weighted by Gasteiger charge is 2.31. The van der Waals surface area contributed by atoms with Crippen molar-refractivity contribution in [2.75, 3.05) is 7.05 Å². The van der Waals surface area contributed by atoms with E-state index < -0.39 is 22.0 Å². The molecule has 2 N–H and O–H groups in total. The fourth-order valence-corrected chi connectivity index (χ4v) is 2.60. The van der Waals surface area contributed by atoms with Crippen LogP contribution >= 0.6 is 0 Å². The van der Waals surface area contributed by atoms with Crippen LogP contribution in [0.25, 0.3) is 0 Å². The van der Waals surface area contributed by atoms with Crippen LogP contribution in [0.1, 0.15) is 13.3 Å². The molecule has 16 heavy (non-hydrogen) atoms. The lowest BCUT2D eigenvalue weighted by Crippen LogP contribution is -2.41. The molecule has 0 saturated carbocycles. The number of aromatic nitrogens is 2. The van der Waals surface area contributed by atoms with Crippen molar-refractivity contribution in [1.29, 1.82) is 0 Å². The zero-order chi connectivity index (χ0) is 12.3. The molecule has 90 valence electrons. The molecule has 8 heteroatoms. The Labute approximate surface area is 93.1 Å². The van der Waals surface area contributed by atoms with E-state index in [-0.39, 0.29) is 11.3 Å². The summed E-state index contributed by atoms with van der Waals surface area (Å²) in [6.07, 6.45) is 2.55. The summed E-state index contributed by atoms with van der Waals surface area (Å²) < 4.78 is 24.6. The Morgan fingerprint density at radius 2 is 2.31 bits per heavy atom. The van der Waals surface area contributed by atoms with E-state index in [9.17, 15) is 13.2 Å². The SMILES string of the molecule is CCC(C(=O)O)N(C)S(=O)(=O)c1cn[nH]c1. The molecular weight excluding hydrogens is 234 g/mol. The summed E-state index contributed by atoms with van der Waals surface area (Å²) in [4.78, 5) is 10.8. The van der Waals surface area contributed by atoms with Gasteiger partial charge in [-0.2, -0.15) is 9.40 Å². The molecule has 1 aromatic heterocycles. The molecule has 1 atom stereocenters. The number of likely N-dealkylation sites (N-methyl/N-ethyl adjacent to an activating group) is 1. The van der Waals surface area contributed by atoms with E-state index in [0.29, 0.717) is 0 Å². The van der Waals surface area contributed by atoms with Gasteiger partial charge in [-0.25, -0.2) is 8.42 Å². The van der Waals surface area contributed by atoms with Gasteiger partial charge in [0.25, 0.3) is 0 Å². The lowest BCUT2D eigenvalue weighted by molar-refractivity contribution is -0.141. The van der Waals surface area contributed by atoms with Gasteiger partial charge >= 0.3 is 5.97 Å². The predicted octanol–water partition coefficient (Wildman–Crippen LogP) is -0.107. The van der Waals surface area contributed by atoms with Crippen molar-refractivity contribution in [1.82, 2.24) is 14.5 Å². The lowest BCUT2D eigenvalue weighted by atomic mass is 10.2. The maximum Gasteiger partial charge on any atom is 0.321 e. The number of carboxylic acid groups (broad SMARTS) is 1. The number of H-pyrrole nitrogens is 1. The first kappa shape index (κ1) is 12.7. The smallest absolute Gasteiger partial charge is 0.321 e. The van der Waals surface area contributed by atoms with Gasteiger partial charge in [-0.05, 0) is 6.42 Å². The van der Waals surface area contributed by atoms with Gasteiger partial charge in [0, 0.05) is 13.2 Å². The molecule has 0 radical (unpaired) electrons. The Hall–Kier alpha value is -1.41. The number of hydrogen-bond acceptors (Lipinski definition) is 4. The van der Waals surface area contributed by atoms with Crippen LogP contribution in [0, 0.1) is 0 Å². The molecule has 0 aliphatic carbocycles. The van der Waals surface area contributed by atoms with Crippen LogP contribution in [0.5, 0.6) is 0 Å². The third-order valence-electron chi connectivity index (χ3n) is 2.26. The summed E-state index contributed by atoms with van der Waals surface area (Å²) in [5.41, 5.74) is 0. The lowest BCUT2D eigenvalue weighted by Gasteiger charge is -2.22. The molecule has 1 unspecified atom stereocenters. The number of carbonyl (C=O) groups is 1. The molecule has 0 bridgehead atoms. The fraction of sp³-hybridized carbons (Fsp3) is 0.500. The zero-order valence-electron chi connectivity index (χ0n) is 8.91. The largest absolute Gasteiger partial charge is 0.480 e. The monoisotopic (exact) mass is 247 g/mol. The predicted molar refractivity (Wildman–Crippen MR) is 55.3 cm³/mol. The second kappa shape index (κ2) is 4.62. The van der Waals surface area contributed by atoms with E-state index in [1.54, 1.807) is 6.92 Å². The molecule has 1 rings (SSSR count). The van der Waals surface area contributed by atoms with Crippen LogP contribution in [0.4, 0.5) is 0 Å². The second-order valence-electron chi connectivity index (χ2n) is 3.22. The van der Waals surface area contributed by atoms with E-state index in [1.807, 2.05) is 0 Å². The van der Waals surface area contributed by atoms with Gasteiger partial charge < -0.3 is 5.11 Å². The number of nitrogens with one attached hydrogen (secondary N) is 1. The quantitative estimate of drug-likeness (QED) is 0.755. The van der Waals surface area contributed by atoms with Crippen molar-refractivity contribution in [3.05, 3.63) is 12.4 Å². The van der Waals surface area contributed by atoms with E-state index in [4.69, 9.17) is 5.11 Å². The number of nitrogens with zero attached hydrogens (tertiary/aromatic N) is 2. The summed E-state index contributed by atoms with van der Waals surface area (Å²) >= 11 is 0. The van der Waals surface area contributed by atoms with Crippen LogP contribution in [0.2, 0.25) is 0 Å². The first-order valence-corrected chi connectivity index (χ1v) is 6.05. The van der Waals surface area contributed by atoms with Crippen molar-refractivity contribution in [2.24, 2.45) is 0 Å². The Kier molecular flexibility index (Phi) is 3.66. The van der Waals surface area contributed by atoms with Crippen LogP contribution in [0.15, 0.2) is 17.3 Å². The Morgan fingerprint density at radius 3 is 2.69 bits per heavy atom. The van der Waals surface area contributed by atoms with Crippen LogP contribution in [-0.2, 0) is 14.8 Å². The number of sulfonamides is 1. The Bertz CT molecular complexity index is 454. The highest BCUT2D eigenvalue weighted by Crippen LogP contribution is 2.16. The van der Waals surface area contributed by atoms with Crippen molar-refractivity contribution in [3.63, 3.8) is 0 Å². The molecule has 0 amide bonds. The van der Waals surface area contributed by atoms with Crippen LogP contribution < -0.4 is 0 Å². The molecular formula is C8H13N3O4S. The molecule has 1 heterocycles. The van der Waals surface area contributed by atoms with Gasteiger partial charge in [0.2, 0.25) is 10.0 Å². The fourth-order valence-electron chi connectivity index (χ4n) is 1.30. The number of carboxylic acids is 1. The van der Waals surface area contributed by atoms with Crippen molar-refractivity contribution in [3.8, 4) is 0 Å². The summed E-state index contributed by atoms with van der Waals surface area (Å²) in [6.45, 7) is 1.61. The highest BCUT2D eigenvalue weighted by molar-refractivity contribution is 7.89. The van der Waals surface area contributed by atoms with Gasteiger partial charge in [0.05, 0.1) is 6.20 Å². The van der Waals surface area contributed by atoms with Crippen molar-refractivity contribution >= 4 is 16.0 Å². The zero-order valence-corrected chi connectivity index (χ0v) is 9.73. The van der Waals surface area contributed by atoms with E-state index in [2.05, 4.69) is 10.2 Å². The highest BCUT2D eigenvalue weighted by atomic mass is 32.2. The maximum absolute atomic E-state index is 11.9. The van der Waals surface area contributed by atoms with Gasteiger partial charge in [-0.3, -0.25) is 9.89 Å². The average Bonchev–Trinajstić information content (AvgIpc) is 2.71. The normalized spacial score (nSPS) is 13.9. The van der Waals surface area contributed by atoms with Crippen LogP contribution in [-0.4, -0.2) is 47.1 Å². The Balaban J connectivity index is 3.05. The topological polar surface area (TPSA) is 103 Å². The van der Waals surface area contributed by atoms with E-state index in [1.165, 1.54) is 13.2 Å². The molecule has 0 spiro atoms. The molecule has 0 fully saturated rings. The molecule has 7 nitrogen and oxygen atoms in total. The summed E-state index contributed by atoms with van der Waals surface area (Å²) in [5, 5.41) is 14.8. The summed E-state index contributed by atoms with van der Waals surface area (Å²) in [7, 11) is -2.55. The maximum atomic E-state index is 11.9. The molecule has 0 aromatic carbocycles. The average molecular weight is 247 g/mol. The standard InChI is InChI=1S/C8H13N3O4S/c1-3-7(8(12)13)11(2)16(14,15)6-4-9-10-5-6/h4-5,7H,3H2,1-2H3,(H,9,10)(H,12,13). The first-order valence-electron chi connectivity index (χ1n) is 4.61. The first-order chi connectivity index (χ1) is 7.41. The van der Waals surface area contributed by atoms with E-state index in [0.717, 1.165) is 10.5 Å². The third-order valence-corrected chi connectivity index (χ3v) is 4.09. The van der Waals surface area contributed by atoms with Gasteiger partial charge in [-0.1, -0.05) is 6.92 Å². The molecule has 0 saturated heterocycles. The number of rotatable bonds is 5. The van der Waals surface area contributed by atoms with E-state index >= 15 is 0 Å². The number of aromatic amines is 1. The van der Waals surface area contributed by atoms with Crippen molar-refractivity contribution in [2.45, 2.75) is 24.3 Å². The second-order valence-corrected chi connectivity index (χ2v) is 5.22. The summed E-state index contributed by atoms with van der Waals surface area (Å²) in [6, 6.07) is -1.07. The van der Waals surface area contributed by atoms with Gasteiger partial charge in [0.1, 0.15) is 10.9 Å². The minimum Gasteiger partial charge on any atom is -0.480 e. The van der Waals surface area contributed by atoms with Gasteiger partial charge in [-0.15, -0.1) is 0 Å². The molecule has 0 aliphatic rings. The third kappa shape index (κ3) is 2.22. The van der Waals surface area contributed by atoms with Crippen molar-refractivity contribution < 1.29 is 18.3 Å². The molecule has 0 aliphatic heterocycles. The Morgan fingerprint density at radius 1 is 1.69 bits per heavy atom. The number of hydrogen-bond donors (Lipinski definition) is 2. The van der Waals surface area contributed by atoms with Gasteiger partial charge in [0.15, 0.2) is 0 Å². The number of aliphatic carboxylic acids is 1. The minimum atomic E-state index is -3.79. The summed E-state index contributed by atoms with van der Waals surface area (Å²) in [5.74, 6) is -1.17. The minimum absolute atomic E-state index is 0.0466. The molecule has 1 aromatic rings.